The molecule has 0 unspecified atom stereocenters. The Hall–Kier alpha value is -2.95. The van der Waals surface area contributed by atoms with Crippen LogP contribution in [0.4, 0.5) is 0 Å². The van der Waals surface area contributed by atoms with Crippen molar-refractivity contribution in [2.75, 3.05) is 6.61 Å². The van der Waals surface area contributed by atoms with E-state index in [-0.39, 0.29) is 17.5 Å². The predicted octanol–water partition coefficient (Wildman–Crippen LogP) is 6.12. The molecule has 2 rings (SSSR count). The molecule has 0 amide bonds. The van der Waals surface area contributed by atoms with Gasteiger partial charge in [-0.25, -0.2) is 4.79 Å². The molecule has 0 saturated carbocycles. The molecule has 0 aliphatic rings. The SMILES string of the molecule is CCC(=O)C(CCCCCCOc1ccc(OC(=O)c2ccc(C)cc2)cc1)C(=O)CC. The molecule has 0 aliphatic heterocycles. The molecule has 0 heterocycles. The van der Waals surface area contributed by atoms with Crippen molar-refractivity contribution in [1.29, 1.82) is 0 Å². The Balaban J connectivity index is 1.65. The average Bonchev–Trinajstić information content (AvgIpc) is 2.81. The average molecular weight is 439 g/mol. The standard InChI is InChI=1S/C27H34O5/c1-4-25(28)24(26(29)5-2)10-8-6-7-9-19-31-22-15-17-23(18-16-22)32-27(30)21-13-11-20(3)12-14-21/h11-18,24H,4-10,19H2,1-3H3. The highest BCUT2D eigenvalue weighted by molar-refractivity contribution is 6.02. The third-order valence-electron chi connectivity index (χ3n) is 5.45. The maximum Gasteiger partial charge on any atom is 0.343 e. The highest BCUT2D eigenvalue weighted by Crippen LogP contribution is 2.20. The lowest BCUT2D eigenvalue weighted by atomic mass is 9.90. The first-order chi connectivity index (χ1) is 15.4. The van der Waals surface area contributed by atoms with Gasteiger partial charge in [0.1, 0.15) is 23.1 Å². The van der Waals surface area contributed by atoms with Crippen LogP contribution >= 0.6 is 0 Å². The molecule has 0 saturated heterocycles. The third kappa shape index (κ3) is 8.29. The summed E-state index contributed by atoms with van der Waals surface area (Å²) in [6, 6.07) is 14.3. The van der Waals surface area contributed by atoms with Gasteiger partial charge in [-0.2, -0.15) is 0 Å². The van der Waals surface area contributed by atoms with Gasteiger partial charge in [0.2, 0.25) is 0 Å². The summed E-state index contributed by atoms with van der Waals surface area (Å²) in [6.45, 7) is 6.19. The lowest BCUT2D eigenvalue weighted by Crippen LogP contribution is -2.22. The van der Waals surface area contributed by atoms with Crippen molar-refractivity contribution in [1.82, 2.24) is 0 Å². The molecule has 2 aromatic rings. The second kappa shape index (κ2) is 13.5. The molecule has 172 valence electrons. The number of ketones is 2. The number of hydrogen-bond donors (Lipinski definition) is 0. The lowest BCUT2D eigenvalue weighted by Gasteiger charge is -2.13. The summed E-state index contributed by atoms with van der Waals surface area (Å²) in [6.07, 6.45) is 5.24. The molecule has 32 heavy (non-hydrogen) atoms. The van der Waals surface area contributed by atoms with E-state index in [4.69, 9.17) is 9.47 Å². The van der Waals surface area contributed by atoms with Gasteiger partial charge in [-0.3, -0.25) is 9.59 Å². The molecule has 0 spiro atoms. The second-order valence-corrected chi connectivity index (χ2v) is 7.97. The van der Waals surface area contributed by atoms with Gasteiger partial charge in [-0.1, -0.05) is 50.8 Å². The highest BCUT2D eigenvalue weighted by Gasteiger charge is 2.22. The summed E-state index contributed by atoms with van der Waals surface area (Å²) < 4.78 is 11.1. The number of rotatable bonds is 14. The fraction of sp³-hybridized carbons (Fsp3) is 0.444. The van der Waals surface area contributed by atoms with Crippen LogP contribution in [0.2, 0.25) is 0 Å². The highest BCUT2D eigenvalue weighted by atomic mass is 16.5. The molecule has 0 radical (unpaired) electrons. The van der Waals surface area contributed by atoms with E-state index in [9.17, 15) is 14.4 Å². The van der Waals surface area contributed by atoms with Crippen LogP contribution in [0.15, 0.2) is 48.5 Å². The summed E-state index contributed by atoms with van der Waals surface area (Å²) in [5, 5.41) is 0. The third-order valence-corrected chi connectivity index (χ3v) is 5.45. The molecule has 0 atom stereocenters. The number of carbonyl (C=O) groups excluding carboxylic acids is 3. The number of Topliss-reactive ketones (excluding diaryl/α,β-unsaturated/α-hetero) is 2. The first kappa shape index (κ1) is 25.3. The fourth-order valence-corrected chi connectivity index (χ4v) is 3.45. The molecule has 5 nitrogen and oxygen atoms in total. The van der Waals surface area contributed by atoms with Gasteiger partial charge < -0.3 is 9.47 Å². The van der Waals surface area contributed by atoms with E-state index in [0.717, 1.165) is 37.0 Å². The van der Waals surface area contributed by atoms with Crippen LogP contribution in [0.5, 0.6) is 11.5 Å². The Kier molecular flexibility index (Phi) is 10.6. The van der Waals surface area contributed by atoms with Crippen molar-refractivity contribution in [2.45, 2.75) is 65.7 Å². The normalized spacial score (nSPS) is 10.8. The van der Waals surface area contributed by atoms with Crippen LogP contribution in [-0.4, -0.2) is 24.1 Å². The van der Waals surface area contributed by atoms with Crippen LogP contribution in [0.25, 0.3) is 0 Å². The van der Waals surface area contributed by atoms with E-state index >= 15 is 0 Å². The Labute approximate surface area is 191 Å². The van der Waals surface area contributed by atoms with Gasteiger partial charge in [0.25, 0.3) is 0 Å². The van der Waals surface area contributed by atoms with E-state index in [2.05, 4.69) is 0 Å². The zero-order valence-electron chi connectivity index (χ0n) is 19.4. The molecular formula is C27H34O5. The minimum absolute atomic E-state index is 0.0631. The van der Waals surface area contributed by atoms with Crippen LogP contribution < -0.4 is 9.47 Å². The Bertz CT molecular complexity index is 852. The second-order valence-electron chi connectivity index (χ2n) is 7.97. The predicted molar refractivity (Wildman–Crippen MR) is 125 cm³/mol. The molecule has 0 aromatic heterocycles. The minimum atomic E-state index is -0.417. The molecule has 0 N–H and O–H groups in total. The number of hydrogen-bond acceptors (Lipinski definition) is 5. The number of ether oxygens (including phenoxy) is 2. The van der Waals surface area contributed by atoms with E-state index in [1.165, 1.54) is 0 Å². The fourth-order valence-electron chi connectivity index (χ4n) is 3.45. The van der Waals surface area contributed by atoms with Crippen LogP contribution in [0.3, 0.4) is 0 Å². The summed E-state index contributed by atoms with van der Waals surface area (Å²) in [5.74, 6) is 0.520. The van der Waals surface area contributed by atoms with E-state index in [1.807, 2.05) is 32.9 Å². The topological polar surface area (TPSA) is 69.7 Å². The number of benzene rings is 2. The maximum absolute atomic E-state index is 12.2. The molecule has 0 bridgehead atoms. The van der Waals surface area contributed by atoms with Crippen molar-refractivity contribution in [3.05, 3.63) is 59.7 Å². The summed E-state index contributed by atoms with van der Waals surface area (Å²) in [7, 11) is 0. The Morgan fingerprint density at radius 3 is 1.91 bits per heavy atom. The lowest BCUT2D eigenvalue weighted by molar-refractivity contribution is -0.132. The quantitative estimate of drug-likeness (QED) is 0.154. The minimum Gasteiger partial charge on any atom is -0.494 e. The van der Waals surface area contributed by atoms with Gasteiger partial charge in [-0.15, -0.1) is 0 Å². The van der Waals surface area contributed by atoms with E-state index in [0.29, 0.717) is 37.2 Å². The Morgan fingerprint density at radius 1 is 0.750 bits per heavy atom. The number of unbranched alkanes of at least 4 members (excludes halogenated alkanes) is 3. The van der Waals surface area contributed by atoms with Gasteiger partial charge in [0.15, 0.2) is 0 Å². The summed E-state index contributed by atoms with van der Waals surface area (Å²) in [4.78, 5) is 36.0. The van der Waals surface area contributed by atoms with Crippen molar-refractivity contribution < 1.29 is 23.9 Å². The maximum atomic E-state index is 12.2. The zero-order chi connectivity index (χ0) is 23.3. The van der Waals surface area contributed by atoms with Crippen molar-refractivity contribution in [2.24, 2.45) is 5.92 Å². The molecule has 0 fully saturated rings. The van der Waals surface area contributed by atoms with Crippen molar-refractivity contribution in [3.8, 4) is 11.5 Å². The smallest absolute Gasteiger partial charge is 0.343 e. The first-order valence-electron chi connectivity index (χ1n) is 11.5. The zero-order valence-corrected chi connectivity index (χ0v) is 19.4. The molecule has 2 aromatic carbocycles. The number of esters is 1. The molecule has 5 heteroatoms. The van der Waals surface area contributed by atoms with Crippen molar-refractivity contribution in [3.63, 3.8) is 0 Å². The monoisotopic (exact) mass is 438 g/mol. The van der Waals surface area contributed by atoms with E-state index in [1.54, 1.807) is 36.4 Å². The molecular weight excluding hydrogens is 404 g/mol. The van der Waals surface area contributed by atoms with Crippen LogP contribution in [0.1, 0.15) is 74.7 Å². The first-order valence-corrected chi connectivity index (χ1v) is 11.5. The number of aryl methyl sites for hydroxylation is 1. The summed E-state index contributed by atoms with van der Waals surface area (Å²) in [5.41, 5.74) is 1.60. The number of carbonyl (C=O) groups is 3. The van der Waals surface area contributed by atoms with Crippen LogP contribution in [-0.2, 0) is 9.59 Å². The summed E-state index contributed by atoms with van der Waals surface area (Å²) >= 11 is 0. The van der Waals surface area contributed by atoms with Gasteiger partial charge in [-0.05, 0) is 56.2 Å². The largest absolute Gasteiger partial charge is 0.494 e. The molecule has 0 aliphatic carbocycles. The van der Waals surface area contributed by atoms with Crippen LogP contribution in [0, 0.1) is 12.8 Å². The Morgan fingerprint density at radius 2 is 1.31 bits per heavy atom. The van der Waals surface area contributed by atoms with Gasteiger partial charge in [0, 0.05) is 12.8 Å². The van der Waals surface area contributed by atoms with E-state index < -0.39 is 5.92 Å². The van der Waals surface area contributed by atoms with Gasteiger partial charge >= 0.3 is 5.97 Å². The van der Waals surface area contributed by atoms with Crippen molar-refractivity contribution >= 4 is 17.5 Å². The van der Waals surface area contributed by atoms with Gasteiger partial charge in [0.05, 0.1) is 18.1 Å².